The Morgan fingerprint density at radius 2 is 1.96 bits per heavy atom. The molecule has 0 aliphatic heterocycles. The number of nitrogens with one attached hydrogen (secondary N) is 1. The van der Waals surface area contributed by atoms with Gasteiger partial charge in [0.2, 0.25) is 0 Å². The molecule has 0 bridgehead atoms. The Morgan fingerprint density at radius 1 is 1.22 bits per heavy atom. The molecule has 2 aromatic rings. The molecule has 0 radical (unpaired) electrons. The third-order valence-corrected chi connectivity index (χ3v) is 4.33. The van der Waals surface area contributed by atoms with Crippen molar-refractivity contribution >= 4 is 41.0 Å². The van der Waals surface area contributed by atoms with E-state index in [9.17, 15) is 9.90 Å². The fourth-order valence-electron chi connectivity index (χ4n) is 2.36. The summed E-state index contributed by atoms with van der Waals surface area (Å²) in [6, 6.07) is 10.0. The highest BCUT2D eigenvalue weighted by Crippen LogP contribution is 2.27. The maximum Gasteiger partial charge on any atom is 0.277 e. The van der Waals surface area contributed by atoms with Crippen LogP contribution in [0.1, 0.15) is 19.4 Å². The second kappa shape index (κ2) is 10.0. The van der Waals surface area contributed by atoms with E-state index < -0.39 is 5.91 Å². The summed E-state index contributed by atoms with van der Waals surface area (Å²) in [5, 5.41) is 14.8. The van der Waals surface area contributed by atoms with E-state index in [4.69, 9.17) is 27.9 Å². The summed E-state index contributed by atoms with van der Waals surface area (Å²) in [6.07, 6.45) is 1.37. The smallest absolute Gasteiger partial charge is 0.277 e. The molecule has 0 saturated carbocycles. The first-order valence-corrected chi connectivity index (χ1v) is 9.17. The number of benzene rings is 2. The molecule has 2 N–H and O–H groups in total. The predicted octanol–water partition coefficient (Wildman–Crippen LogP) is 4.07. The molecule has 8 heteroatoms. The highest BCUT2D eigenvalue weighted by Gasteiger charge is 2.07. The molecular weight excluding hydrogens is 389 g/mol. The molecule has 0 aliphatic rings. The molecule has 0 heterocycles. The zero-order valence-electron chi connectivity index (χ0n) is 15.1. The molecule has 0 unspecified atom stereocenters. The van der Waals surface area contributed by atoms with Crippen LogP contribution in [0.15, 0.2) is 41.5 Å². The highest BCUT2D eigenvalue weighted by molar-refractivity contribution is 6.34. The third-order valence-electron chi connectivity index (χ3n) is 3.79. The lowest BCUT2D eigenvalue weighted by Gasteiger charge is -2.21. The number of carbonyl (C=O) groups excluding carboxylic acids is 1. The van der Waals surface area contributed by atoms with Gasteiger partial charge in [-0.25, -0.2) is 5.43 Å². The van der Waals surface area contributed by atoms with Crippen LogP contribution in [0.4, 0.5) is 5.69 Å². The van der Waals surface area contributed by atoms with Gasteiger partial charge in [-0.2, -0.15) is 5.10 Å². The molecule has 0 aromatic heterocycles. The number of ether oxygens (including phenoxy) is 1. The Labute approximate surface area is 168 Å². The SMILES string of the molecule is CCN(CC)c1ccc(/C=N/NC(=O)COc2cc(Cl)ccc2Cl)c(O)c1. The van der Waals surface area contributed by atoms with Crippen molar-refractivity contribution in [2.24, 2.45) is 5.10 Å². The monoisotopic (exact) mass is 409 g/mol. The number of phenolic OH excluding ortho intramolecular Hbond substituents is 1. The number of aromatic hydroxyl groups is 1. The average molecular weight is 410 g/mol. The van der Waals surface area contributed by atoms with Gasteiger partial charge in [-0.1, -0.05) is 23.2 Å². The molecule has 2 aromatic carbocycles. The first-order valence-electron chi connectivity index (χ1n) is 8.42. The second-order valence-electron chi connectivity index (χ2n) is 5.57. The van der Waals surface area contributed by atoms with Crippen molar-refractivity contribution in [1.29, 1.82) is 0 Å². The Morgan fingerprint density at radius 3 is 2.63 bits per heavy atom. The largest absolute Gasteiger partial charge is 0.507 e. The van der Waals surface area contributed by atoms with Crippen LogP contribution in [0.25, 0.3) is 0 Å². The maximum absolute atomic E-state index is 11.8. The van der Waals surface area contributed by atoms with Crippen molar-refractivity contribution in [2.75, 3.05) is 24.6 Å². The molecule has 27 heavy (non-hydrogen) atoms. The number of halogens is 2. The third kappa shape index (κ3) is 6.05. The van der Waals surface area contributed by atoms with E-state index in [0.29, 0.717) is 21.4 Å². The lowest BCUT2D eigenvalue weighted by atomic mass is 10.2. The highest BCUT2D eigenvalue weighted by atomic mass is 35.5. The van der Waals surface area contributed by atoms with Crippen molar-refractivity contribution in [3.8, 4) is 11.5 Å². The van der Waals surface area contributed by atoms with Gasteiger partial charge in [-0.15, -0.1) is 0 Å². The van der Waals surface area contributed by atoms with Gasteiger partial charge >= 0.3 is 0 Å². The Balaban J connectivity index is 1.91. The van der Waals surface area contributed by atoms with Gasteiger partial charge in [0.25, 0.3) is 5.91 Å². The van der Waals surface area contributed by atoms with E-state index in [2.05, 4.69) is 15.4 Å². The summed E-state index contributed by atoms with van der Waals surface area (Å²) in [5.74, 6) is -0.0752. The number of rotatable bonds is 8. The van der Waals surface area contributed by atoms with Crippen LogP contribution < -0.4 is 15.1 Å². The van der Waals surface area contributed by atoms with Crippen molar-refractivity contribution in [3.63, 3.8) is 0 Å². The number of carbonyl (C=O) groups is 1. The van der Waals surface area contributed by atoms with Gasteiger partial charge in [-0.05, 0) is 38.1 Å². The van der Waals surface area contributed by atoms with Crippen molar-refractivity contribution in [1.82, 2.24) is 5.43 Å². The minimum absolute atomic E-state index is 0.0827. The summed E-state index contributed by atoms with van der Waals surface area (Å²) in [5.41, 5.74) is 3.74. The zero-order chi connectivity index (χ0) is 19.8. The van der Waals surface area contributed by atoms with Gasteiger partial charge in [0.15, 0.2) is 6.61 Å². The van der Waals surface area contributed by atoms with Crippen LogP contribution in [0.2, 0.25) is 10.0 Å². The zero-order valence-corrected chi connectivity index (χ0v) is 16.6. The number of anilines is 1. The quantitative estimate of drug-likeness (QED) is 0.508. The van der Waals surface area contributed by atoms with E-state index in [1.165, 1.54) is 12.3 Å². The Hall–Kier alpha value is -2.44. The lowest BCUT2D eigenvalue weighted by Crippen LogP contribution is -2.24. The van der Waals surface area contributed by atoms with Crippen LogP contribution in [-0.2, 0) is 4.79 Å². The van der Waals surface area contributed by atoms with Crippen LogP contribution in [0.3, 0.4) is 0 Å². The molecule has 0 spiro atoms. The van der Waals surface area contributed by atoms with Gasteiger partial charge in [0.1, 0.15) is 11.5 Å². The normalized spacial score (nSPS) is 10.8. The van der Waals surface area contributed by atoms with Gasteiger partial charge in [0.05, 0.1) is 11.2 Å². The summed E-state index contributed by atoms with van der Waals surface area (Å²) in [6.45, 7) is 5.50. The Bertz CT molecular complexity index is 824. The van der Waals surface area contributed by atoms with Gasteiger partial charge < -0.3 is 14.7 Å². The first-order chi connectivity index (χ1) is 12.9. The van der Waals surface area contributed by atoms with Crippen LogP contribution in [0, 0.1) is 0 Å². The molecule has 0 atom stereocenters. The average Bonchev–Trinajstić information content (AvgIpc) is 2.65. The number of hydrazone groups is 1. The van der Waals surface area contributed by atoms with Crippen LogP contribution in [-0.4, -0.2) is 36.9 Å². The Kier molecular flexibility index (Phi) is 7.76. The topological polar surface area (TPSA) is 74.2 Å². The molecule has 6 nitrogen and oxygen atoms in total. The lowest BCUT2D eigenvalue weighted by molar-refractivity contribution is -0.123. The van der Waals surface area contributed by atoms with E-state index >= 15 is 0 Å². The van der Waals surface area contributed by atoms with Crippen molar-refractivity contribution in [2.45, 2.75) is 13.8 Å². The summed E-state index contributed by atoms with van der Waals surface area (Å²) in [4.78, 5) is 13.9. The second-order valence-corrected chi connectivity index (χ2v) is 6.42. The van der Waals surface area contributed by atoms with E-state index in [1.54, 1.807) is 24.3 Å². The molecule has 0 saturated heterocycles. The van der Waals surface area contributed by atoms with Gasteiger partial charge in [-0.3, -0.25) is 4.79 Å². The number of phenols is 1. The van der Waals surface area contributed by atoms with E-state index in [-0.39, 0.29) is 12.4 Å². The number of hydrogen-bond acceptors (Lipinski definition) is 5. The summed E-state index contributed by atoms with van der Waals surface area (Å²) >= 11 is 11.8. The van der Waals surface area contributed by atoms with Crippen LogP contribution in [0.5, 0.6) is 11.5 Å². The molecule has 1 amide bonds. The minimum atomic E-state index is -0.471. The van der Waals surface area contributed by atoms with Gasteiger partial charge in [0, 0.05) is 41.5 Å². The minimum Gasteiger partial charge on any atom is -0.507 e. The van der Waals surface area contributed by atoms with E-state index in [0.717, 1.165) is 18.8 Å². The maximum atomic E-state index is 11.8. The van der Waals surface area contributed by atoms with Crippen LogP contribution >= 0.6 is 23.2 Å². The fraction of sp³-hybridized carbons (Fsp3) is 0.263. The molecular formula is C19H21Cl2N3O3. The molecule has 144 valence electrons. The number of nitrogens with zero attached hydrogens (tertiary/aromatic N) is 2. The first kappa shape index (κ1) is 20.9. The summed E-state index contributed by atoms with van der Waals surface area (Å²) in [7, 11) is 0. The number of amides is 1. The molecule has 2 rings (SSSR count). The van der Waals surface area contributed by atoms with E-state index in [1.807, 2.05) is 19.9 Å². The number of hydrogen-bond donors (Lipinski definition) is 2. The predicted molar refractivity (Wildman–Crippen MR) is 109 cm³/mol. The molecule has 0 aliphatic carbocycles. The van der Waals surface area contributed by atoms with Crippen molar-refractivity contribution in [3.05, 3.63) is 52.0 Å². The standard InChI is InChI=1S/C19H21Cl2N3O3/c1-3-24(4-2)15-7-5-13(17(25)10-15)11-22-23-19(26)12-27-18-9-14(20)6-8-16(18)21/h5-11,25H,3-4,12H2,1-2H3,(H,23,26)/b22-11+. The van der Waals surface area contributed by atoms with Crippen molar-refractivity contribution < 1.29 is 14.6 Å². The fourth-order valence-corrected chi connectivity index (χ4v) is 2.70. The summed E-state index contributed by atoms with van der Waals surface area (Å²) < 4.78 is 5.32. The molecule has 0 fully saturated rings.